The van der Waals surface area contributed by atoms with E-state index in [-0.39, 0.29) is 11.4 Å². The molecule has 0 radical (unpaired) electrons. The maximum atomic E-state index is 13.3. The van der Waals surface area contributed by atoms with E-state index in [4.69, 9.17) is 11.6 Å². The number of carbonyl (C=O) groups is 1. The molecule has 2 aromatic rings. The molecule has 0 aliphatic carbocycles. The fourth-order valence-corrected chi connectivity index (χ4v) is 2.57. The normalized spacial score (nSPS) is 11.4. The zero-order chi connectivity index (χ0) is 17.1. The minimum Gasteiger partial charge on any atom is -0.478 e. The van der Waals surface area contributed by atoms with E-state index in [1.54, 1.807) is 32.1 Å². The summed E-state index contributed by atoms with van der Waals surface area (Å²) in [4.78, 5) is 11.2. The van der Waals surface area contributed by atoms with Crippen LogP contribution in [0.2, 0.25) is 0 Å². The van der Waals surface area contributed by atoms with Gasteiger partial charge >= 0.3 is 5.97 Å². The first-order valence-electron chi connectivity index (χ1n) is 7.00. The van der Waals surface area contributed by atoms with Gasteiger partial charge in [0.25, 0.3) is 0 Å². The quantitative estimate of drug-likeness (QED) is 0.804. The maximum Gasteiger partial charge on any atom is 0.335 e. The van der Waals surface area contributed by atoms with Crippen LogP contribution in [-0.2, 0) is 0 Å². The summed E-state index contributed by atoms with van der Waals surface area (Å²) in [6.45, 7) is 7.64. The number of carboxylic acids is 1. The molecule has 0 spiro atoms. The summed E-state index contributed by atoms with van der Waals surface area (Å²) in [6.07, 6.45) is 1.73. The number of aromatic carboxylic acids is 1. The standard InChI is InChI=1S/C19H16ClFO2/c1-4-18(20)16-7-5-13(19(22)23)10-17(16)12(3)15-8-6-14(21)9-11(15)2/h4-10H,3H2,1-2H3,(H,22,23)/b18-4+. The van der Waals surface area contributed by atoms with E-state index in [1.807, 2.05) is 0 Å². The first kappa shape index (κ1) is 17.0. The van der Waals surface area contributed by atoms with Crippen molar-refractivity contribution in [2.75, 3.05) is 0 Å². The fourth-order valence-electron chi connectivity index (χ4n) is 2.40. The Morgan fingerprint density at radius 2 is 1.83 bits per heavy atom. The minimum absolute atomic E-state index is 0.144. The van der Waals surface area contributed by atoms with Gasteiger partial charge in [0.15, 0.2) is 0 Å². The smallest absolute Gasteiger partial charge is 0.335 e. The summed E-state index contributed by atoms with van der Waals surface area (Å²) in [7, 11) is 0. The van der Waals surface area contributed by atoms with Crippen LogP contribution >= 0.6 is 11.6 Å². The lowest BCUT2D eigenvalue weighted by atomic mass is 9.91. The Bertz CT molecular complexity index is 822. The molecule has 2 nitrogen and oxygen atoms in total. The molecule has 0 fully saturated rings. The molecule has 1 N–H and O–H groups in total. The van der Waals surface area contributed by atoms with Crippen molar-refractivity contribution in [3.05, 3.63) is 82.7 Å². The predicted molar refractivity (Wildman–Crippen MR) is 92.2 cm³/mol. The molecule has 118 valence electrons. The average Bonchev–Trinajstić information content (AvgIpc) is 2.52. The molecule has 0 aliphatic rings. The lowest BCUT2D eigenvalue weighted by molar-refractivity contribution is 0.0697. The number of carboxylic acid groups (broad SMARTS) is 1. The number of rotatable bonds is 4. The highest BCUT2D eigenvalue weighted by molar-refractivity contribution is 6.49. The SMILES string of the molecule is C=C(c1ccc(F)cc1C)c1cc(C(=O)O)ccc1/C(Cl)=C\C. The molecule has 2 aromatic carbocycles. The monoisotopic (exact) mass is 330 g/mol. The van der Waals surface area contributed by atoms with E-state index < -0.39 is 5.97 Å². The fraction of sp³-hybridized carbons (Fsp3) is 0.105. The first-order valence-corrected chi connectivity index (χ1v) is 7.38. The number of halogens is 2. The number of hydrogen-bond donors (Lipinski definition) is 1. The lowest BCUT2D eigenvalue weighted by Crippen LogP contribution is -2.01. The maximum absolute atomic E-state index is 13.3. The zero-order valence-corrected chi connectivity index (χ0v) is 13.6. The number of aryl methyl sites for hydroxylation is 1. The molecule has 4 heteroatoms. The molecule has 0 saturated heterocycles. The van der Waals surface area contributed by atoms with Crippen LogP contribution < -0.4 is 0 Å². The molecule has 0 bridgehead atoms. The van der Waals surface area contributed by atoms with E-state index in [2.05, 4.69) is 6.58 Å². The van der Waals surface area contributed by atoms with Gasteiger partial charge in [-0.2, -0.15) is 0 Å². The van der Waals surface area contributed by atoms with Crippen LogP contribution in [0, 0.1) is 12.7 Å². The van der Waals surface area contributed by atoms with Gasteiger partial charge in [0.1, 0.15) is 5.82 Å². The van der Waals surface area contributed by atoms with Gasteiger partial charge in [-0.1, -0.05) is 36.4 Å². The molecule has 0 saturated carbocycles. The Kier molecular flexibility index (Phi) is 5.02. The van der Waals surface area contributed by atoms with Gasteiger partial charge in [-0.25, -0.2) is 9.18 Å². The lowest BCUT2D eigenvalue weighted by Gasteiger charge is -2.15. The molecule has 0 heterocycles. The van der Waals surface area contributed by atoms with Crippen molar-refractivity contribution in [1.82, 2.24) is 0 Å². The Morgan fingerprint density at radius 1 is 1.17 bits per heavy atom. The van der Waals surface area contributed by atoms with Crippen LogP contribution in [0.4, 0.5) is 4.39 Å². The molecule has 0 aliphatic heterocycles. The van der Waals surface area contributed by atoms with Crippen LogP contribution in [0.1, 0.15) is 39.5 Å². The van der Waals surface area contributed by atoms with Gasteiger partial charge < -0.3 is 5.11 Å². The Hall–Kier alpha value is -2.39. The zero-order valence-electron chi connectivity index (χ0n) is 12.9. The predicted octanol–water partition coefficient (Wildman–Crippen LogP) is 5.49. The third-order valence-corrected chi connectivity index (χ3v) is 4.04. The van der Waals surface area contributed by atoms with Crippen molar-refractivity contribution in [3.63, 3.8) is 0 Å². The van der Waals surface area contributed by atoms with Crippen molar-refractivity contribution in [1.29, 1.82) is 0 Å². The van der Waals surface area contributed by atoms with Gasteiger partial charge in [0.05, 0.1) is 5.56 Å². The largest absolute Gasteiger partial charge is 0.478 e. The number of hydrogen-bond acceptors (Lipinski definition) is 1. The van der Waals surface area contributed by atoms with Crippen molar-refractivity contribution in [3.8, 4) is 0 Å². The van der Waals surface area contributed by atoms with Crippen molar-refractivity contribution < 1.29 is 14.3 Å². The summed E-state index contributed by atoms with van der Waals surface area (Å²) in [5.41, 5.74) is 3.51. The van der Waals surface area contributed by atoms with E-state index in [9.17, 15) is 14.3 Å². The second kappa shape index (κ2) is 6.80. The highest BCUT2D eigenvalue weighted by Crippen LogP contribution is 2.33. The minimum atomic E-state index is -1.03. The van der Waals surface area contributed by atoms with E-state index in [0.29, 0.717) is 21.7 Å². The molecular formula is C19H16ClFO2. The van der Waals surface area contributed by atoms with Gasteiger partial charge in [0, 0.05) is 10.6 Å². The van der Waals surface area contributed by atoms with Crippen LogP contribution in [0.25, 0.3) is 10.6 Å². The molecule has 2 rings (SSSR count). The summed E-state index contributed by atoms with van der Waals surface area (Å²) in [5, 5.41) is 9.71. The third kappa shape index (κ3) is 3.51. The van der Waals surface area contributed by atoms with Crippen LogP contribution in [0.15, 0.2) is 49.1 Å². The highest BCUT2D eigenvalue weighted by atomic mass is 35.5. The van der Waals surface area contributed by atoms with Crippen molar-refractivity contribution in [2.24, 2.45) is 0 Å². The Morgan fingerprint density at radius 3 is 2.39 bits per heavy atom. The second-order valence-corrected chi connectivity index (χ2v) is 5.55. The van der Waals surface area contributed by atoms with Crippen LogP contribution in [0.3, 0.4) is 0 Å². The molecule has 0 atom stereocenters. The molecule has 0 amide bonds. The second-order valence-electron chi connectivity index (χ2n) is 5.14. The molecule has 0 unspecified atom stereocenters. The molecule has 0 aromatic heterocycles. The summed E-state index contributed by atoms with van der Waals surface area (Å²) >= 11 is 6.24. The summed E-state index contributed by atoms with van der Waals surface area (Å²) < 4.78 is 13.3. The van der Waals surface area contributed by atoms with Gasteiger partial charge in [0.2, 0.25) is 0 Å². The highest BCUT2D eigenvalue weighted by Gasteiger charge is 2.15. The van der Waals surface area contributed by atoms with Gasteiger partial charge in [-0.05, 0) is 60.4 Å². The van der Waals surface area contributed by atoms with Crippen molar-refractivity contribution in [2.45, 2.75) is 13.8 Å². The van der Waals surface area contributed by atoms with Crippen molar-refractivity contribution >= 4 is 28.2 Å². The summed E-state index contributed by atoms with van der Waals surface area (Å²) in [5.74, 6) is -1.36. The Balaban J connectivity index is 2.65. The van der Waals surface area contributed by atoms with E-state index in [1.165, 1.54) is 24.3 Å². The van der Waals surface area contributed by atoms with E-state index in [0.717, 1.165) is 11.1 Å². The van der Waals surface area contributed by atoms with Gasteiger partial charge in [-0.3, -0.25) is 0 Å². The summed E-state index contributed by atoms with van der Waals surface area (Å²) in [6, 6.07) is 9.09. The average molecular weight is 331 g/mol. The van der Waals surface area contributed by atoms with Gasteiger partial charge in [-0.15, -0.1) is 0 Å². The topological polar surface area (TPSA) is 37.3 Å². The van der Waals surface area contributed by atoms with Crippen LogP contribution in [0.5, 0.6) is 0 Å². The number of allylic oxidation sites excluding steroid dienone is 1. The first-order chi connectivity index (χ1) is 10.8. The Labute approximate surface area is 139 Å². The van der Waals surface area contributed by atoms with Crippen LogP contribution in [-0.4, -0.2) is 11.1 Å². The number of benzene rings is 2. The van der Waals surface area contributed by atoms with E-state index >= 15 is 0 Å². The molecular weight excluding hydrogens is 315 g/mol. The third-order valence-electron chi connectivity index (χ3n) is 3.62. The molecule has 23 heavy (non-hydrogen) atoms.